The Hall–Kier alpha value is -1.24. The third-order valence-electron chi connectivity index (χ3n) is 5.14. The van der Waals surface area contributed by atoms with Gasteiger partial charge in [-0.2, -0.15) is 5.10 Å². The van der Waals surface area contributed by atoms with Crippen LogP contribution in [-0.2, 0) is 13.1 Å². The molecule has 0 amide bonds. The second-order valence-electron chi connectivity index (χ2n) is 6.79. The number of hydrogen-bond donors (Lipinski definition) is 0. The molecule has 1 fully saturated rings. The average molecular weight is 331 g/mol. The predicted molar refractivity (Wildman–Crippen MR) is 92.5 cm³/mol. The van der Waals surface area contributed by atoms with Gasteiger partial charge in [-0.3, -0.25) is 9.58 Å². The molecule has 2 aromatic rings. The molecular formula is C17H25N5S. The molecule has 2 aliphatic rings. The molecule has 0 aliphatic carbocycles. The Kier molecular flexibility index (Phi) is 4.46. The smallest absolute Gasteiger partial charge is 0.0798 e. The molecule has 0 saturated carbocycles. The second-order valence-corrected chi connectivity index (χ2v) is 7.73. The topological polar surface area (TPSA) is 37.2 Å². The maximum absolute atomic E-state index is 4.59. The van der Waals surface area contributed by atoms with E-state index in [0.717, 1.165) is 19.6 Å². The molecule has 1 atom stereocenters. The molecular weight excluding hydrogens is 306 g/mol. The van der Waals surface area contributed by atoms with E-state index in [2.05, 4.69) is 37.6 Å². The molecule has 23 heavy (non-hydrogen) atoms. The van der Waals surface area contributed by atoms with Gasteiger partial charge in [-0.05, 0) is 45.3 Å². The Labute approximate surface area is 141 Å². The van der Waals surface area contributed by atoms with Gasteiger partial charge in [-0.15, -0.1) is 11.3 Å². The molecule has 2 aliphatic heterocycles. The van der Waals surface area contributed by atoms with Crippen molar-refractivity contribution in [1.82, 2.24) is 24.6 Å². The van der Waals surface area contributed by atoms with Crippen molar-refractivity contribution in [2.75, 3.05) is 26.2 Å². The van der Waals surface area contributed by atoms with Crippen molar-refractivity contribution in [3.63, 3.8) is 0 Å². The monoisotopic (exact) mass is 331 g/mol. The Bertz CT molecular complexity index is 643. The molecule has 1 saturated heterocycles. The lowest BCUT2D eigenvalue weighted by Crippen LogP contribution is -2.38. The van der Waals surface area contributed by atoms with E-state index in [4.69, 9.17) is 0 Å². The minimum atomic E-state index is 0.502. The summed E-state index contributed by atoms with van der Waals surface area (Å²) in [6.07, 6.45) is 5.90. The van der Waals surface area contributed by atoms with Gasteiger partial charge in [-0.25, -0.2) is 4.98 Å². The fraction of sp³-hybridized carbons (Fsp3) is 0.647. The molecule has 0 N–H and O–H groups in total. The Morgan fingerprint density at radius 2 is 2.13 bits per heavy atom. The first-order valence-electron chi connectivity index (χ1n) is 8.65. The number of fused-ring (bicyclic) bond motifs is 1. The van der Waals surface area contributed by atoms with E-state index in [1.165, 1.54) is 55.2 Å². The van der Waals surface area contributed by atoms with E-state index in [0.29, 0.717) is 6.04 Å². The van der Waals surface area contributed by atoms with Crippen molar-refractivity contribution < 1.29 is 0 Å². The highest BCUT2D eigenvalue weighted by atomic mass is 32.1. The molecule has 0 bridgehead atoms. The summed E-state index contributed by atoms with van der Waals surface area (Å²) in [5, 5.41) is 4.59. The van der Waals surface area contributed by atoms with Crippen LogP contribution in [-0.4, -0.2) is 50.7 Å². The molecule has 0 aromatic carbocycles. The summed E-state index contributed by atoms with van der Waals surface area (Å²) < 4.78 is 2.27. The number of aromatic nitrogens is 3. The second kappa shape index (κ2) is 6.71. The Morgan fingerprint density at radius 1 is 1.26 bits per heavy atom. The van der Waals surface area contributed by atoms with Gasteiger partial charge in [0.1, 0.15) is 0 Å². The van der Waals surface area contributed by atoms with Crippen molar-refractivity contribution in [3.05, 3.63) is 34.0 Å². The highest BCUT2D eigenvalue weighted by Gasteiger charge is 2.26. The lowest BCUT2D eigenvalue weighted by molar-refractivity contribution is 0.153. The van der Waals surface area contributed by atoms with Crippen molar-refractivity contribution in [2.24, 2.45) is 0 Å². The number of thiazole rings is 1. The standard InChI is InChI=1S/C17H25N5S/c1-14-17(23-13-18-14)12-21-10-15-4-6-19-22(15)16(11-21)5-9-20-7-2-3-8-20/h4,6,13,16H,2-3,5,7-12H2,1H3/t16-/m1/s1. The summed E-state index contributed by atoms with van der Waals surface area (Å²) in [5.41, 5.74) is 4.50. The van der Waals surface area contributed by atoms with E-state index in [9.17, 15) is 0 Å². The number of nitrogens with zero attached hydrogens (tertiary/aromatic N) is 5. The first-order valence-corrected chi connectivity index (χ1v) is 9.53. The maximum Gasteiger partial charge on any atom is 0.0798 e. The molecule has 6 heteroatoms. The highest BCUT2D eigenvalue weighted by molar-refractivity contribution is 7.09. The number of hydrogen-bond acceptors (Lipinski definition) is 5. The zero-order chi connectivity index (χ0) is 15.6. The van der Waals surface area contributed by atoms with Gasteiger partial charge in [-0.1, -0.05) is 0 Å². The Morgan fingerprint density at radius 3 is 2.91 bits per heavy atom. The Balaban J connectivity index is 1.44. The molecule has 4 heterocycles. The maximum atomic E-state index is 4.59. The third-order valence-corrected chi connectivity index (χ3v) is 6.06. The van der Waals surface area contributed by atoms with Crippen LogP contribution in [0, 0.1) is 6.92 Å². The van der Waals surface area contributed by atoms with E-state index in [-0.39, 0.29) is 0 Å². The van der Waals surface area contributed by atoms with E-state index in [1.54, 1.807) is 11.3 Å². The largest absolute Gasteiger partial charge is 0.303 e. The van der Waals surface area contributed by atoms with Crippen LogP contribution < -0.4 is 0 Å². The minimum Gasteiger partial charge on any atom is -0.303 e. The van der Waals surface area contributed by atoms with Crippen LogP contribution in [0.4, 0.5) is 0 Å². The summed E-state index contributed by atoms with van der Waals surface area (Å²) in [5.74, 6) is 0. The molecule has 124 valence electrons. The van der Waals surface area contributed by atoms with Crippen LogP contribution in [0.5, 0.6) is 0 Å². The van der Waals surface area contributed by atoms with Gasteiger partial charge in [0, 0.05) is 37.3 Å². The molecule has 0 radical (unpaired) electrons. The quantitative estimate of drug-likeness (QED) is 0.844. The number of rotatable bonds is 5. The first kappa shape index (κ1) is 15.3. The van der Waals surface area contributed by atoms with Gasteiger partial charge in [0.15, 0.2) is 0 Å². The SMILES string of the molecule is Cc1ncsc1CN1Cc2ccnn2[C@H](CCN2CCCC2)C1. The van der Waals surface area contributed by atoms with Crippen LogP contribution in [0.1, 0.15) is 41.6 Å². The average Bonchev–Trinajstić information content (AvgIpc) is 3.28. The molecule has 0 spiro atoms. The van der Waals surface area contributed by atoms with E-state index < -0.39 is 0 Å². The zero-order valence-corrected chi connectivity index (χ0v) is 14.6. The third kappa shape index (κ3) is 3.34. The molecule has 4 rings (SSSR count). The summed E-state index contributed by atoms with van der Waals surface area (Å²) in [6.45, 7) is 8.99. The molecule has 2 aromatic heterocycles. The highest BCUT2D eigenvalue weighted by Crippen LogP contribution is 2.26. The van der Waals surface area contributed by atoms with Gasteiger partial charge < -0.3 is 4.90 Å². The van der Waals surface area contributed by atoms with Crippen molar-refractivity contribution in [2.45, 2.75) is 45.3 Å². The fourth-order valence-electron chi connectivity index (χ4n) is 3.82. The summed E-state index contributed by atoms with van der Waals surface area (Å²) in [4.78, 5) is 11.0. The molecule has 5 nitrogen and oxygen atoms in total. The number of aryl methyl sites for hydroxylation is 1. The molecule has 0 unspecified atom stereocenters. The van der Waals surface area contributed by atoms with Gasteiger partial charge in [0.05, 0.1) is 22.9 Å². The normalized spacial score (nSPS) is 22.6. The van der Waals surface area contributed by atoms with Crippen molar-refractivity contribution >= 4 is 11.3 Å². The lowest BCUT2D eigenvalue weighted by Gasteiger charge is -2.34. The van der Waals surface area contributed by atoms with Gasteiger partial charge in [0.2, 0.25) is 0 Å². The van der Waals surface area contributed by atoms with Gasteiger partial charge >= 0.3 is 0 Å². The van der Waals surface area contributed by atoms with Crippen LogP contribution in [0.3, 0.4) is 0 Å². The van der Waals surface area contributed by atoms with Crippen LogP contribution in [0.2, 0.25) is 0 Å². The minimum absolute atomic E-state index is 0.502. The summed E-state index contributed by atoms with van der Waals surface area (Å²) >= 11 is 1.78. The van der Waals surface area contributed by atoms with Crippen molar-refractivity contribution in [3.8, 4) is 0 Å². The fourth-order valence-corrected chi connectivity index (χ4v) is 4.64. The summed E-state index contributed by atoms with van der Waals surface area (Å²) in [6, 6.07) is 2.68. The van der Waals surface area contributed by atoms with Crippen LogP contribution in [0.15, 0.2) is 17.8 Å². The van der Waals surface area contributed by atoms with Crippen molar-refractivity contribution in [1.29, 1.82) is 0 Å². The lowest BCUT2D eigenvalue weighted by atomic mass is 10.1. The predicted octanol–water partition coefficient (Wildman–Crippen LogP) is 2.69. The van der Waals surface area contributed by atoms with Gasteiger partial charge in [0.25, 0.3) is 0 Å². The zero-order valence-electron chi connectivity index (χ0n) is 13.8. The first-order chi connectivity index (χ1) is 11.3. The number of likely N-dealkylation sites (tertiary alicyclic amines) is 1. The van der Waals surface area contributed by atoms with E-state index >= 15 is 0 Å². The van der Waals surface area contributed by atoms with E-state index in [1.807, 2.05) is 11.7 Å². The van der Waals surface area contributed by atoms with Crippen LogP contribution in [0.25, 0.3) is 0 Å². The van der Waals surface area contributed by atoms with Crippen LogP contribution >= 0.6 is 11.3 Å². The summed E-state index contributed by atoms with van der Waals surface area (Å²) in [7, 11) is 0.